The first kappa shape index (κ1) is 27.4. The summed E-state index contributed by atoms with van der Waals surface area (Å²) in [6.07, 6.45) is 1.44. The predicted molar refractivity (Wildman–Crippen MR) is 146 cm³/mol. The van der Waals surface area contributed by atoms with E-state index in [1.807, 2.05) is 12.1 Å². The van der Waals surface area contributed by atoms with Crippen LogP contribution in [0.1, 0.15) is 42.5 Å². The van der Waals surface area contributed by atoms with Crippen LogP contribution in [0.15, 0.2) is 84.9 Å². The molecule has 6 heteroatoms. The number of halogens is 1. The van der Waals surface area contributed by atoms with Gasteiger partial charge >= 0.3 is 7.60 Å². The van der Waals surface area contributed by atoms with Crippen molar-refractivity contribution in [3.05, 3.63) is 107 Å². The lowest BCUT2D eigenvalue weighted by molar-refractivity contribution is 0.134. The van der Waals surface area contributed by atoms with Crippen LogP contribution in [-0.2, 0) is 24.8 Å². The monoisotopic (exact) mass is 512 g/mol. The highest BCUT2D eigenvalue weighted by molar-refractivity contribution is 7.53. The molecule has 0 aromatic heterocycles. The molecular weight excluding hydrogens is 479 g/mol. The molecule has 0 saturated carbocycles. The Morgan fingerprint density at radius 2 is 1.31 bits per heavy atom. The molecule has 3 rings (SSSR count). The number of rotatable bonds is 14. The van der Waals surface area contributed by atoms with E-state index in [0.29, 0.717) is 32.1 Å². The Labute approximate surface area is 214 Å². The average molecular weight is 513 g/mol. The van der Waals surface area contributed by atoms with E-state index in [1.54, 1.807) is 13.8 Å². The molecule has 0 bridgehead atoms. The van der Waals surface area contributed by atoms with Crippen LogP contribution in [0.4, 0.5) is 0 Å². The first-order chi connectivity index (χ1) is 17.1. The van der Waals surface area contributed by atoms with Crippen LogP contribution < -0.4 is 0 Å². The van der Waals surface area contributed by atoms with Crippen molar-refractivity contribution < 1.29 is 18.3 Å². The molecule has 0 aliphatic rings. The third-order valence-corrected chi connectivity index (χ3v) is 7.50. The van der Waals surface area contributed by atoms with Gasteiger partial charge < -0.3 is 13.8 Å². The summed E-state index contributed by atoms with van der Waals surface area (Å²) in [6, 6.07) is 29.4. The van der Waals surface area contributed by atoms with Gasteiger partial charge in [-0.25, -0.2) is 0 Å². The molecule has 3 aromatic carbocycles. The molecule has 0 spiro atoms. The lowest BCUT2D eigenvalue weighted by Crippen LogP contribution is -2.06. The summed E-state index contributed by atoms with van der Waals surface area (Å²) in [6.45, 7) is 4.68. The van der Waals surface area contributed by atoms with Gasteiger partial charge in [-0.05, 0) is 60.1 Å². The highest BCUT2D eigenvalue weighted by atomic mass is 35.5. The van der Waals surface area contributed by atoms with Crippen LogP contribution >= 0.6 is 19.2 Å². The van der Waals surface area contributed by atoms with E-state index in [4.69, 9.17) is 25.4 Å². The Kier molecular flexibility index (Phi) is 11.3. The fourth-order valence-electron chi connectivity index (χ4n) is 3.98. The third-order valence-electron chi connectivity index (χ3n) is 5.51. The van der Waals surface area contributed by atoms with Crippen molar-refractivity contribution in [2.45, 2.75) is 26.7 Å². The van der Waals surface area contributed by atoms with Crippen molar-refractivity contribution in [2.75, 3.05) is 32.0 Å². The zero-order valence-corrected chi connectivity index (χ0v) is 22.1. The summed E-state index contributed by atoms with van der Waals surface area (Å²) in [5, 5.41) is 0. The lowest BCUT2D eigenvalue weighted by atomic mass is 9.88. The second-order valence-corrected chi connectivity index (χ2v) is 10.3. The van der Waals surface area contributed by atoms with E-state index in [-0.39, 0.29) is 6.35 Å². The van der Waals surface area contributed by atoms with E-state index in [9.17, 15) is 4.57 Å². The SMILES string of the molecule is CCOP(=O)(COCCc1ccc(/C(=C(/CCCl)c2ccccc2)c2ccccc2)cc1)OCC. The average Bonchev–Trinajstić information content (AvgIpc) is 2.89. The fourth-order valence-corrected chi connectivity index (χ4v) is 5.53. The van der Waals surface area contributed by atoms with E-state index >= 15 is 0 Å². The number of hydrogen-bond donors (Lipinski definition) is 0. The smallest absolute Gasteiger partial charge is 0.356 e. The minimum Gasteiger partial charge on any atom is -0.368 e. The third kappa shape index (κ3) is 8.17. The minimum atomic E-state index is -3.18. The number of alkyl halides is 1. The zero-order chi connectivity index (χ0) is 24.9. The molecule has 35 heavy (non-hydrogen) atoms. The number of hydrogen-bond acceptors (Lipinski definition) is 4. The highest BCUT2D eigenvalue weighted by Crippen LogP contribution is 2.47. The summed E-state index contributed by atoms with van der Waals surface area (Å²) in [4.78, 5) is 0. The van der Waals surface area contributed by atoms with Gasteiger partial charge in [-0.2, -0.15) is 0 Å². The molecule has 0 saturated heterocycles. The molecule has 0 N–H and O–H groups in total. The molecule has 3 aromatic rings. The number of ether oxygens (including phenoxy) is 1. The van der Waals surface area contributed by atoms with Gasteiger partial charge in [0.05, 0.1) is 19.8 Å². The molecule has 186 valence electrons. The summed E-state index contributed by atoms with van der Waals surface area (Å²) in [5.74, 6) is 0.545. The molecule has 0 radical (unpaired) electrons. The maximum Gasteiger partial charge on any atom is 0.356 e. The lowest BCUT2D eigenvalue weighted by Gasteiger charge is -2.18. The van der Waals surface area contributed by atoms with Crippen LogP contribution in [0.2, 0.25) is 0 Å². The Balaban J connectivity index is 1.80. The van der Waals surface area contributed by atoms with Crippen molar-refractivity contribution in [2.24, 2.45) is 0 Å². The van der Waals surface area contributed by atoms with Gasteiger partial charge in [-0.15, -0.1) is 11.6 Å². The Hall–Kier alpha value is -2.20. The van der Waals surface area contributed by atoms with Crippen molar-refractivity contribution in [3.63, 3.8) is 0 Å². The molecule has 0 atom stereocenters. The molecule has 0 aliphatic heterocycles. The Bertz CT molecular complexity index is 1090. The number of benzene rings is 3. The quantitative estimate of drug-likeness (QED) is 0.0948. The predicted octanol–water partition coefficient (Wildman–Crippen LogP) is 8.06. The summed E-state index contributed by atoms with van der Waals surface area (Å²) >= 11 is 6.25. The van der Waals surface area contributed by atoms with E-state index in [2.05, 4.69) is 72.8 Å². The van der Waals surface area contributed by atoms with E-state index < -0.39 is 7.60 Å². The Morgan fingerprint density at radius 3 is 1.86 bits per heavy atom. The molecule has 0 heterocycles. The highest BCUT2D eigenvalue weighted by Gasteiger charge is 2.23. The molecule has 0 aliphatic carbocycles. The van der Waals surface area contributed by atoms with Gasteiger partial charge in [0.1, 0.15) is 6.35 Å². The zero-order valence-electron chi connectivity index (χ0n) is 20.5. The summed E-state index contributed by atoms with van der Waals surface area (Å²) < 4.78 is 28.7. The summed E-state index contributed by atoms with van der Waals surface area (Å²) in [5.41, 5.74) is 7.04. The molecule has 0 fully saturated rings. The van der Waals surface area contributed by atoms with Gasteiger partial charge in [-0.1, -0.05) is 84.9 Å². The Morgan fingerprint density at radius 1 is 0.771 bits per heavy atom. The van der Waals surface area contributed by atoms with Crippen molar-refractivity contribution in [3.8, 4) is 0 Å². The topological polar surface area (TPSA) is 44.8 Å². The minimum absolute atomic E-state index is 0.0352. The first-order valence-electron chi connectivity index (χ1n) is 12.0. The van der Waals surface area contributed by atoms with E-state index in [0.717, 1.165) is 23.1 Å². The fraction of sp³-hybridized carbons (Fsp3) is 0.310. The normalized spacial score (nSPS) is 12.4. The molecule has 0 unspecified atom stereocenters. The first-order valence-corrected chi connectivity index (χ1v) is 14.3. The van der Waals surface area contributed by atoms with Gasteiger partial charge in [0, 0.05) is 5.88 Å². The number of allylic oxidation sites excluding steroid dienone is 1. The second-order valence-electron chi connectivity index (χ2n) is 7.96. The van der Waals surface area contributed by atoms with Crippen LogP contribution in [0.25, 0.3) is 11.1 Å². The van der Waals surface area contributed by atoms with Crippen LogP contribution in [0, 0.1) is 0 Å². The van der Waals surface area contributed by atoms with Gasteiger partial charge in [0.2, 0.25) is 0 Å². The molecule has 4 nitrogen and oxygen atoms in total. The van der Waals surface area contributed by atoms with Crippen molar-refractivity contribution >= 4 is 30.3 Å². The van der Waals surface area contributed by atoms with Gasteiger partial charge in [0.15, 0.2) is 0 Å². The maximum atomic E-state index is 12.5. The molecule has 0 amide bonds. The standard InChI is InChI=1S/C29H34ClO4P/c1-3-33-35(31,34-4-2)23-32-22-20-24-15-17-27(18-16-24)29(26-13-9-6-10-14-26)28(19-21-30)25-11-7-5-8-12-25/h5-18H,3-4,19-23H2,1-2H3/b29-28-. The second kappa shape index (κ2) is 14.4. The van der Waals surface area contributed by atoms with Crippen molar-refractivity contribution in [1.29, 1.82) is 0 Å². The summed E-state index contributed by atoms with van der Waals surface area (Å²) in [7, 11) is -3.18. The van der Waals surface area contributed by atoms with Gasteiger partial charge in [0.25, 0.3) is 0 Å². The van der Waals surface area contributed by atoms with Crippen LogP contribution in [0.3, 0.4) is 0 Å². The van der Waals surface area contributed by atoms with Crippen molar-refractivity contribution in [1.82, 2.24) is 0 Å². The molecular formula is C29H34ClO4P. The maximum absolute atomic E-state index is 12.5. The van der Waals surface area contributed by atoms with Crippen LogP contribution in [-0.4, -0.2) is 32.0 Å². The largest absolute Gasteiger partial charge is 0.368 e. The van der Waals surface area contributed by atoms with Gasteiger partial charge in [-0.3, -0.25) is 4.57 Å². The van der Waals surface area contributed by atoms with Crippen LogP contribution in [0.5, 0.6) is 0 Å². The van der Waals surface area contributed by atoms with E-state index in [1.165, 1.54) is 16.7 Å².